The van der Waals surface area contributed by atoms with Gasteiger partial charge in [0.1, 0.15) is 5.75 Å². The van der Waals surface area contributed by atoms with Gasteiger partial charge < -0.3 is 15.0 Å². The molecule has 0 spiro atoms. The number of aryl methyl sites for hydroxylation is 1. The van der Waals surface area contributed by atoms with Crippen molar-refractivity contribution in [2.24, 2.45) is 0 Å². The Hall–Kier alpha value is -3.03. The summed E-state index contributed by atoms with van der Waals surface area (Å²) in [5.41, 5.74) is -0.251. The van der Waals surface area contributed by atoms with Gasteiger partial charge >= 0.3 is 6.18 Å². The molecule has 1 atom stereocenters. The van der Waals surface area contributed by atoms with Gasteiger partial charge in [-0.2, -0.15) is 13.2 Å². The summed E-state index contributed by atoms with van der Waals surface area (Å²) >= 11 is 0. The molecule has 0 heterocycles. The number of halogens is 3. The maximum atomic E-state index is 13.1. The number of carbonyl (C=O) groups is 2. The number of alkyl halides is 3. The monoisotopic (exact) mass is 408 g/mol. The minimum absolute atomic E-state index is 0.203. The van der Waals surface area contributed by atoms with Crippen LogP contribution in [0.2, 0.25) is 0 Å². The molecule has 0 aliphatic heterocycles. The number of anilines is 1. The first kappa shape index (κ1) is 22.3. The van der Waals surface area contributed by atoms with Crippen molar-refractivity contribution in [2.75, 3.05) is 18.4 Å². The number of nitrogens with one attached hydrogen (secondary N) is 1. The molecule has 0 aromatic heterocycles. The lowest BCUT2D eigenvalue weighted by atomic mass is 10.1. The van der Waals surface area contributed by atoms with Crippen LogP contribution in [0.1, 0.15) is 25.0 Å². The van der Waals surface area contributed by atoms with Crippen LogP contribution in [0.4, 0.5) is 18.9 Å². The average molecular weight is 408 g/mol. The third-order valence-electron chi connectivity index (χ3n) is 4.22. The number of carbonyl (C=O) groups excluding carboxylic acids is 2. The van der Waals surface area contributed by atoms with Gasteiger partial charge in [0.25, 0.3) is 5.91 Å². The van der Waals surface area contributed by atoms with Gasteiger partial charge in [0, 0.05) is 6.54 Å². The van der Waals surface area contributed by atoms with E-state index in [0.717, 1.165) is 11.6 Å². The van der Waals surface area contributed by atoms with E-state index < -0.39 is 29.7 Å². The predicted molar refractivity (Wildman–Crippen MR) is 104 cm³/mol. The van der Waals surface area contributed by atoms with E-state index in [2.05, 4.69) is 5.32 Å². The maximum absolute atomic E-state index is 13.1. The highest BCUT2D eigenvalue weighted by Crippen LogP contribution is 2.34. The minimum Gasteiger partial charge on any atom is -0.481 e. The van der Waals surface area contributed by atoms with Crippen LogP contribution < -0.4 is 10.1 Å². The number of rotatable bonds is 7. The highest BCUT2D eigenvalue weighted by molar-refractivity contribution is 5.95. The molecule has 0 fully saturated rings. The van der Waals surface area contributed by atoms with Crippen LogP contribution in [-0.4, -0.2) is 35.9 Å². The summed E-state index contributed by atoms with van der Waals surface area (Å²) < 4.78 is 44.8. The van der Waals surface area contributed by atoms with Gasteiger partial charge in [0.05, 0.1) is 17.8 Å². The van der Waals surface area contributed by atoms with E-state index in [0.29, 0.717) is 5.75 Å². The third-order valence-corrected chi connectivity index (χ3v) is 4.22. The van der Waals surface area contributed by atoms with Crippen molar-refractivity contribution in [3.8, 4) is 5.75 Å². The van der Waals surface area contributed by atoms with Crippen molar-refractivity contribution in [3.63, 3.8) is 0 Å². The first-order chi connectivity index (χ1) is 13.6. The summed E-state index contributed by atoms with van der Waals surface area (Å²) in [6, 6.07) is 11.8. The molecule has 156 valence electrons. The molecule has 2 rings (SSSR count). The van der Waals surface area contributed by atoms with Gasteiger partial charge in [-0.15, -0.1) is 0 Å². The number of likely N-dealkylation sites (N-methyl/N-ethyl adjacent to an activating group) is 1. The lowest BCUT2D eigenvalue weighted by Crippen LogP contribution is -2.44. The van der Waals surface area contributed by atoms with E-state index in [1.807, 2.05) is 19.1 Å². The molecule has 0 bridgehead atoms. The second-order valence-corrected chi connectivity index (χ2v) is 6.52. The fourth-order valence-electron chi connectivity index (χ4n) is 2.68. The van der Waals surface area contributed by atoms with Crippen LogP contribution in [0.15, 0.2) is 48.5 Å². The molecule has 0 aliphatic rings. The fraction of sp³-hybridized carbons (Fsp3) is 0.333. The highest BCUT2D eigenvalue weighted by Gasteiger charge is 2.33. The van der Waals surface area contributed by atoms with Crippen molar-refractivity contribution in [3.05, 3.63) is 59.7 Å². The number of amides is 2. The van der Waals surface area contributed by atoms with E-state index in [1.165, 1.54) is 23.1 Å². The van der Waals surface area contributed by atoms with E-state index in [-0.39, 0.29) is 18.8 Å². The van der Waals surface area contributed by atoms with Crippen LogP contribution in [0, 0.1) is 6.92 Å². The molecule has 0 saturated heterocycles. The summed E-state index contributed by atoms with van der Waals surface area (Å²) in [7, 11) is 0. The number of hydrogen-bond donors (Lipinski definition) is 1. The standard InChI is InChI=1S/C21H23F3N2O3/c1-4-26(20(28)15(3)29-16-11-9-14(2)10-12-16)13-19(27)25-18-8-6-5-7-17(18)21(22,23)24/h5-12,15H,4,13H2,1-3H3,(H,25,27). The first-order valence-electron chi connectivity index (χ1n) is 9.10. The Morgan fingerprint density at radius 1 is 1.10 bits per heavy atom. The number of ether oxygens (including phenoxy) is 1. The van der Waals surface area contributed by atoms with Gasteiger partial charge in [-0.3, -0.25) is 9.59 Å². The van der Waals surface area contributed by atoms with Crippen LogP contribution in [0.5, 0.6) is 5.75 Å². The van der Waals surface area contributed by atoms with E-state index in [4.69, 9.17) is 4.74 Å². The molecule has 2 aromatic carbocycles. The zero-order chi connectivity index (χ0) is 21.6. The van der Waals surface area contributed by atoms with Crippen molar-refractivity contribution in [1.82, 2.24) is 4.90 Å². The van der Waals surface area contributed by atoms with Gasteiger partial charge in [0.2, 0.25) is 5.91 Å². The first-order valence-corrected chi connectivity index (χ1v) is 9.10. The summed E-state index contributed by atoms with van der Waals surface area (Å²) in [6.07, 6.45) is -5.45. The molecule has 5 nitrogen and oxygen atoms in total. The predicted octanol–water partition coefficient (Wildman–Crippen LogP) is 4.27. The van der Waals surface area contributed by atoms with Crippen molar-refractivity contribution < 1.29 is 27.5 Å². The molecular formula is C21H23F3N2O3. The van der Waals surface area contributed by atoms with Crippen molar-refractivity contribution in [1.29, 1.82) is 0 Å². The SMILES string of the molecule is CCN(CC(=O)Nc1ccccc1C(F)(F)F)C(=O)C(C)Oc1ccc(C)cc1. The zero-order valence-corrected chi connectivity index (χ0v) is 16.4. The quantitative estimate of drug-likeness (QED) is 0.745. The molecule has 1 unspecified atom stereocenters. The Balaban J connectivity index is 2.02. The maximum Gasteiger partial charge on any atom is 0.418 e. The van der Waals surface area contributed by atoms with Crippen LogP contribution >= 0.6 is 0 Å². The number of benzene rings is 2. The van der Waals surface area contributed by atoms with E-state index >= 15 is 0 Å². The summed E-state index contributed by atoms with van der Waals surface area (Å²) in [5, 5.41) is 2.24. The van der Waals surface area contributed by atoms with Crippen molar-refractivity contribution in [2.45, 2.75) is 33.1 Å². The Kier molecular flexibility index (Phi) is 7.25. The molecule has 0 radical (unpaired) electrons. The van der Waals surface area contributed by atoms with Crippen LogP contribution in [0.25, 0.3) is 0 Å². The van der Waals surface area contributed by atoms with Gasteiger partial charge in [0.15, 0.2) is 6.10 Å². The molecule has 0 aliphatic carbocycles. The summed E-state index contributed by atoms with van der Waals surface area (Å²) in [5.74, 6) is -0.650. The minimum atomic E-state index is -4.60. The number of nitrogens with zero attached hydrogens (tertiary/aromatic N) is 1. The molecule has 29 heavy (non-hydrogen) atoms. The topological polar surface area (TPSA) is 58.6 Å². The average Bonchev–Trinajstić information content (AvgIpc) is 2.67. The lowest BCUT2D eigenvalue weighted by molar-refractivity contribution is -0.140. The molecule has 1 N–H and O–H groups in total. The van der Waals surface area contributed by atoms with Crippen LogP contribution in [0.3, 0.4) is 0 Å². The molecule has 0 saturated carbocycles. The van der Waals surface area contributed by atoms with E-state index in [1.54, 1.807) is 26.0 Å². The number of hydrogen-bond acceptors (Lipinski definition) is 3. The summed E-state index contributed by atoms with van der Waals surface area (Å²) in [6.45, 7) is 4.97. The third kappa shape index (κ3) is 6.23. The largest absolute Gasteiger partial charge is 0.481 e. The Bertz CT molecular complexity index is 851. The van der Waals surface area contributed by atoms with Gasteiger partial charge in [-0.05, 0) is 45.0 Å². The highest BCUT2D eigenvalue weighted by atomic mass is 19.4. The second-order valence-electron chi connectivity index (χ2n) is 6.52. The fourth-order valence-corrected chi connectivity index (χ4v) is 2.68. The smallest absolute Gasteiger partial charge is 0.418 e. The molecule has 8 heteroatoms. The molecule has 2 aromatic rings. The van der Waals surface area contributed by atoms with Crippen LogP contribution in [-0.2, 0) is 15.8 Å². The Morgan fingerprint density at radius 2 is 1.72 bits per heavy atom. The molecule has 2 amide bonds. The Labute approximate surface area is 167 Å². The molecular weight excluding hydrogens is 385 g/mol. The number of para-hydroxylation sites is 1. The lowest BCUT2D eigenvalue weighted by Gasteiger charge is -2.24. The van der Waals surface area contributed by atoms with Gasteiger partial charge in [-0.1, -0.05) is 29.8 Å². The van der Waals surface area contributed by atoms with Gasteiger partial charge in [-0.25, -0.2) is 0 Å². The summed E-state index contributed by atoms with van der Waals surface area (Å²) in [4.78, 5) is 26.1. The Morgan fingerprint density at radius 3 is 2.31 bits per heavy atom. The van der Waals surface area contributed by atoms with E-state index in [9.17, 15) is 22.8 Å². The second kappa shape index (κ2) is 9.45. The van der Waals surface area contributed by atoms with Crippen molar-refractivity contribution >= 4 is 17.5 Å². The normalized spacial score (nSPS) is 12.2. The zero-order valence-electron chi connectivity index (χ0n) is 16.4.